The second-order valence-corrected chi connectivity index (χ2v) is 6.51. The fourth-order valence-corrected chi connectivity index (χ4v) is 2.69. The molecular weight excluding hydrogens is 240 g/mol. The van der Waals surface area contributed by atoms with Crippen LogP contribution in [0.2, 0.25) is 0 Å². The zero-order valence-electron chi connectivity index (χ0n) is 12.5. The van der Waals surface area contributed by atoms with Gasteiger partial charge in [-0.25, -0.2) is 0 Å². The minimum atomic E-state index is 0.219. The fraction of sp³-hybridized carbons (Fsp3) is 0.250. The molecule has 2 aromatic carbocycles. The molecule has 20 heavy (non-hydrogen) atoms. The smallest absolute Gasteiger partial charge is 0.00491 e. The fourth-order valence-electron chi connectivity index (χ4n) is 2.69. The van der Waals surface area contributed by atoms with Crippen molar-refractivity contribution in [3.8, 4) is 0 Å². The summed E-state index contributed by atoms with van der Waals surface area (Å²) in [6, 6.07) is 15.3. The first-order valence-corrected chi connectivity index (χ1v) is 7.29. The molecule has 101 valence electrons. The van der Waals surface area contributed by atoms with E-state index in [1.165, 1.54) is 27.5 Å². The van der Waals surface area contributed by atoms with E-state index in [-0.39, 0.29) is 5.41 Å². The van der Waals surface area contributed by atoms with Gasteiger partial charge in [-0.1, -0.05) is 69.3 Å². The molecule has 3 rings (SSSR count). The number of allylic oxidation sites excluding steroid dienone is 4. The maximum Gasteiger partial charge on any atom is -0.00491 e. The Kier molecular flexibility index (Phi) is 3.25. The number of rotatable bonds is 1. The van der Waals surface area contributed by atoms with Crippen LogP contribution >= 0.6 is 0 Å². The van der Waals surface area contributed by atoms with Crippen LogP contribution in [-0.2, 0) is 0 Å². The topological polar surface area (TPSA) is 0 Å². The maximum atomic E-state index is 2.34. The van der Waals surface area contributed by atoms with E-state index in [0.29, 0.717) is 0 Å². The molecule has 0 bridgehead atoms. The van der Waals surface area contributed by atoms with Gasteiger partial charge < -0.3 is 0 Å². The Labute approximate surface area is 121 Å². The van der Waals surface area contributed by atoms with E-state index >= 15 is 0 Å². The van der Waals surface area contributed by atoms with Crippen molar-refractivity contribution in [2.75, 3.05) is 0 Å². The molecule has 0 spiro atoms. The first kappa shape index (κ1) is 13.2. The third kappa shape index (κ3) is 2.56. The Bertz CT molecular complexity index is 693. The summed E-state index contributed by atoms with van der Waals surface area (Å²) < 4.78 is 0. The van der Waals surface area contributed by atoms with Crippen molar-refractivity contribution in [1.82, 2.24) is 0 Å². The molecule has 0 amide bonds. The van der Waals surface area contributed by atoms with Gasteiger partial charge in [-0.15, -0.1) is 0 Å². The van der Waals surface area contributed by atoms with Crippen molar-refractivity contribution in [2.24, 2.45) is 5.41 Å². The van der Waals surface area contributed by atoms with Gasteiger partial charge in [-0.3, -0.25) is 0 Å². The van der Waals surface area contributed by atoms with Gasteiger partial charge in [0.05, 0.1) is 0 Å². The highest BCUT2D eigenvalue weighted by atomic mass is 14.2. The van der Waals surface area contributed by atoms with E-state index in [1.807, 2.05) is 0 Å². The average molecular weight is 261 g/mol. The van der Waals surface area contributed by atoms with Crippen LogP contribution in [0.1, 0.15) is 32.8 Å². The second-order valence-electron chi connectivity index (χ2n) is 6.51. The lowest BCUT2D eigenvalue weighted by Gasteiger charge is -2.25. The van der Waals surface area contributed by atoms with Gasteiger partial charge in [0.2, 0.25) is 0 Å². The van der Waals surface area contributed by atoms with E-state index in [2.05, 4.69) is 81.8 Å². The Hall–Kier alpha value is -1.82. The SMILES string of the molecule is CC(C)(C)C1=CC[CH]C(c2ccc3ccccc3c2)=C1. The third-order valence-electron chi connectivity index (χ3n) is 3.94. The van der Waals surface area contributed by atoms with Crippen LogP contribution in [0.3, 0.4) is 0 Å². The molecule has 0 aliphatic heterocycles. The van der Waals surface area contributed by atoms with Crippen LogP contribution in [0.25, 0.3) is 16.3 Å². The van der Waals surface area contributed by atoms with Crippen molar-refractivity contribution >= 4 is 16.3 Å². The molecule has 2 aromatic rings. The molecule has 0 heterocycles. The summed E-state index contributed by atoms with van der Waals surface area (Å²) in [6.07, 6.45) is 8.03. The molecule has 0 saturated heterocycles. The van der Waals surface area contributed by atoms with E-state index in [0.717, 1.165) is 6.42 Å². The van der Waals surface area contributed by atoms with Gasteiger partial charge in [0, 0.05) is 0 Å². The zero-order chi connectivity index (χ0) is 14.2. The predicted molar refractivity (Wildman–Crippen MR) is 88.4 cm³/mol. The lowest BCUT2D eigenvalue weighted by Crippen LogP contribution is -2.10. The van der Waals surface area contributed by atoms with Gasteiger partial charge in [0.25, 0.3) is 0 Å². The van der Waals surface area contributed by atoms with Crippen LogP contribution in [0.5, 0.6) is 0 Å². The zero-order valence-corrected chi connectivity index (χ0v) is 12.5. The number of hydrogen-bond acceptors (Lipinski definition) is 0. The molecule has 0 aromatic heterocycles. The molecule has 0 saturated carbocycles. The molecule has 1 aliphatic carbocycles. The lowest BCUT2D eigenvalue weighted by atomic mass is 9.80. The summed E-state index contributed by atoms with van der Waals surface area (Å²) in [5, 5.41) is 2.62. The molecule has 1 radical (unpaired) electrons. The molecule has 0 atom stereocenters. The molecular formula is C20H21. The average Bonchev–Trinajstić information content (AvgIpc) is 2.46. The summed E-state index contributed by atoms with van der Waals surface area (Å²) >= 11 is 0. The minimum Gasteiger partial charge on any atom is -0.0801 e. The quantitative estimate of drug-likeness (QED) is 0.608. The first-order valence-electron chi connectivity index (χ1n) is 7.29. The Morgan fingerprint density at radius 3 is 2.40 bits per heavy atom. The van der Waals surface area contributed by atoms with Crippen LogP contribution in [0, 0.1) is 11.8 Å². The first-order chi connectivity index (χ1) is 9.54. The molecule has 0 nitrogen and oxygen atoms in total. The van der Waals surface area contributed by atoms with Crippen molar-refractivity contribution in [2.45, 2.75) is 27.2 Å². The van der Waals surface area contributed by atoms with Crippen molar-refractivity contribution in [3.05, 3.63) is 72.2 Å². The van der Waals surface area contributed by atoms with Gasteiger partial charge in [-0.05, 0) is 51.8 Å². The van der Waals surface area contributed by atoms with E-state index in [9.17, 15) is 0 Å². The lowest BCUT2D eigenvalue weighted by molar-refractivity contribution is 0.514. The van der Waals surface area contributed by atoms with Crippen LogP contribution in [0.4, 0.5) is 0 Å². The van der Waals surface area contributed by atoms with E-state index in [4.69, 9.17) is 0 Å². The summed E-state index contributed by atoms with van der Waals surface area (Å²) in [6.45, 7) is 6.83. The normalized spacial score (nSPS) is 15.9. The highest BCUT2D eigenvalue weighted by Crippen LogP contribution is 2.35. The molecule has 0 heteroatoms. The highest BCUT2D eigenvalue weighted by Gasteiger charge is 2.18. The van der Waals surface area contributed by atoms with Crippen LogP contribution in [0.15, 0.2) is 60.2 Å². The standard InChI is InChI=1S/C20H21/c1-20(2,3)19-10-6-9-17(14-19)18-12-11-15-7-4-5-8-16(15)13-18/h4-5,7-14H,6H2,1-3H3. The van der Waals surface area contributed by atoms with E-state index in [1.54, 1.807) is 0 Å². The van der Waals surface area contributed by atoms with Gasteiger partial charge >= 0.3 is 0 Å². The van der Waals surface area contributed by atoms with Crippen LogP contribution < -0.4 is 0 Å². The summed E-state index contributed by atoms with van der Waals surface area (Å²) in [5.74, 6) is 0. The Morgan fingerprint density at radius 2 is 1.65 bits per heavy atom. The van der Waals surface area contributed by atoms with Gasteiger partial charge in [0.15, 0.2) is 0 Å². The van der Waals surface area contributed by atoms with Gasteiger partial charge in [0.1, 0.15) is 0 Å². The third-order valence-corrected chi connectivity index (χ3v) is 3.94. The summed E-state index contributed by atoms with van der Waals surface area (Å²) in [4.78, 5) is 0. The van der Waals surface area contributed by atoms with Crippen molar-refractivity contribution in [1.29, 1.82) is 0 Å². The summed E-state index contributed by atoms with van der Waals surface area (Å²) in [5.41, 5.74) is 4.32. The molecule has 0 fully saturated rings. The molecule has 0 N–H and O–H groups in total. The van der Waals surface area contributed by atoms with Crippen molar-refractivity contribution in [3.63, 3.8) is 0 Å². The minimum absolute atomic E-state index is 0.219. The Balaban J connectivity index is 2.03. The predicted octanol–water partition coefficient (Wildman–Crippen LogP) is 5.80. The number of hydrogen-bond donors (Lipinski definition) is 0. The molecule has 0 unspecified atom stereocenters. The van der Waals surface area contributed by atoms with Crippen LogP contribution in [-0.4, -0.2) is 0 Å². The molecule has 1 aliphatic rings. The number of fused-ring (bicyclic) bond motifs is 1. The highest BCUT2D eigenvalue weighted by molar-refractivity contribution is 5.88. The largest absolute Gasteiger partial charge is 0.0801 e. The maximum absolute atomic E-state index is 2.34. The summed E-state index contributed by atoms with van der Waals surface area (Å²) in [7, 11) is 0. The Morgan fingerprint density at radius 1 is 0.900 bits per heavy atom. The van der Waals surface area contributed by atoms with Crippen molar-refractivity contribution < 1.29 is 0 Å². The monoisotopic (exact) mass is 261 g/mol. The van der Waals surface area contributed by atoms with E-state index < -0.39 is 0 Å². The second kappa shape index (κ2) is 4.94. The number of benzene rings is 2. The van der Waals surface area contributed by atoms with Gasteiger partial charge in [-0.2, -0.15) is 0 Å².